The quantitative estimate of drug-likeness (QED) is 0.889. The molecule has 1 amide bonds. The van der Waals surface area contributed by atoms with Gasteiger partial charge in [-0.25, -0.2) is 0 Å². The lowest BCUT2D eigenvalue weighted by atomic mass is 10.2. The number of nitrogens with zero attached hydrogens (tertiary/aromatic N) is 2. The number of alkyl halides is 3. The van der Waals surface area contributed by atoms with Gasteiger partial charge in [0.25, 0.3) is 5.91 Å². The van der Waals surface area contributed by atoms with E-state index in [0.717, 1.165) is 30.9 Å². The zero-order chi connectivity index (χ0) is 17.7. The Bertz CT molecular complexity index is 712. The fourth-order valence-corrected chi connectivity index (χ4v) is 2.30. The van der Waals surface area contributed by atoms with Gasteiger partial charge in [-0.1, -0.05) is 6.07 Å². The van der Waals surface area contributed by atoms with Crippen LogP contribution in [0.25, 0.3) is 0 Å². The second-order valence-corrected chi connectivity index (χ2v) is 5.10. The second-order valence-electron chi connectivity index (χ2n) is 5.10. The van der Waals surface area contributed by atoms with Crippen LogP contribution >= 0.6 is 0 Å². The van der Waals surface area contributed by atoms with E-state index in [2.05, 4.69) is 10.3 Å². The average Bonchev–Trinajstić information content (AvgIpc) is 2.56. The fourth-order valence-electron chi connectivity index (χ4n) is 2.30. The Morgan fingerprint density at radius 2 is 1.88 bits per heavy atom. The molecule has 0 aliphatic rings. The molecular weight excluding hydrogens is 319 g/mol. The van der Waals surface area contributed by atoms with Gasteiger partial charge in [0.05, 0.1) is 5.56 Å². The lowest BCUT2D eigenvalue weighted by molar-refractivity contribution is -0.137. The van der Waals surface area contributed by atoms with Crippen molar-refractivity contribution >= 4 is 17.3 Å². The van der Waals surface area contributed by atoms with E-state index in [4.69, 9.17) is 0 Å². The van der Waals surface area contributed by atoms with Crippen LogP contribution in [0.15, 0.2) is 42.6 Å². The fraction of sp³-hybridized carbons (Fsp3) is 0.294. The minimum absolute atomic E-state index is 0.0740. The van der Waals surface area contributed by atoms with Crippen molar-refractivity contribution in [3.05, 3.63) is 53.9 Å². The molecule has 0 fully saturated rings. The molecule has 0 saturated carbocycles. The Labute approximate surface area is 138 Å². The number of anilines is 2. The van der Waals surface area contributed by atoms with Gasteiger partial charge in [-0.2, -0.15) is 13.2 Å². The van der Waals surface area contributed by atoms with Gasteiger partial charge in [0, 0.05) is 30.7 Å². The summed E-state index contributed by atoms with van der Waals surface area (Å²) in [7, 11) is 0. The van der Waals surface area contributed by atoms with Crippen LogP contribution < -0.4 is 10.2 Å². The summed E-state index contributed by atoms with van der Waals surface area (Å²) in [6, 6.07) is 7.91. The molecule has 0 radical (unpaired) electrons. The molecule has 1 heterocycles. The lowest BCUT2D eigenvalue weighted by Crippen LogP contribution is -2.23. The van der Waals surface area contributed by atoms with Crippen molar-refractivity contribution < 1.29 is 18.0 Å². The number of benzene rings is 1. The van der Waals surface area contributed by atoms with E-state index < -0.39 is 17.6 Å². The van der Waals surface area contributed by atoms with E-state index >= 15 is 0 Å². The number of halogens is 3. The number of hydrogen-bond acceptors (Lipinski definition) is 3. The van der Waals surface area contributed by atoms with Crippen LogP contribution in [0.4, 0.5) is 24.5 Å². The normalized spacial score (nSPS) is 11.2. The standard InChI is InChI=1S/C17H18F3N3O/c1-3-23(4-2)14-8-9-21-15(11-14)16(24)22-13-7-5-6-12(10-13)17(18,19)20/h5-11H,3-4H2,1-2H3,(H,22,24). The minimum Gasteiger partial charge on any atom is -0.372 e. The number of hydrogen-bond donors (Lipinski definition) is 1. The predicted molar refractivity (Wildman–Crippen MR) is 87.2 cm³/mol. The third-order valence-electron chi connectivity index (χ3n) is 3.55. The summed E-state index contributed by atoms with van der Waals surface area (Å²) in [6.07, 6.45) is -2.95. The summed E-state index contributed by atoms with van der Waals surface area (Å²) in [5, 5.41) is 2.45. The molecular formula is C17H18F3N3O. The van der Waals surface area contributed by atoms with Crippen molar-refractivity contribution in [2.45, 2.75) is 20.0 Å². The van der Waals surface area contributed by atoms with Crippen molar-refractivity contribution in [1.29, 1.82) is 0 Å². The highest BCUT2D eigenvalue weighted by molar-refractivity contribution is 6.03. The van der Waals surface area contributed by atoms with E-state index in [1.807, 2.05) is 18.7 Å². The van der Waals surface area contributed by atoms with Crippen molar-refractivity contribution in [2.75, 3.05) is 23.3 Å². The average molecular weight is 337 g/mol. The number of aromatic nitrogens is 1. The minimum atomic E-state index is -4.46. The summed E-state index contributed by atoms with van der Waals surface area (Å²) in [6.45, 7) is 5.53. The molecule has 4 nitrogen and oxygen atoms in total. The number of amides is 1. The van der Waals surface area contributed by atoms with Crippen molar-refractivity contribution in [2.24, 2.45) is 0 Å². The Morgan fingerprint density at radius 1 is 1.17 bits per heavy atom. The van der Waals surface area contributed by atoms with Crippen LogP contribution in [-0.4, -0.2) is 24.0 Å². The van der Waals surface area contributed by atoms with Gasteiger partial charge in [-0.15, -0.1) is 0 Å². The largest absolute Gasteiger partial charge is 0.416 e. The molecule has 0 aliphatic carbocycles. The molecule has 0 bridgehead atoms. The van der Waals surface area contributed by atoms with Crippen LogP contribution in [0.3, 0.4) is 0 Å². The lowest BCUT2D eigenvalue weighted by Gasteiger charge is -2.21. The number of rotatable bonds is 5. The van der Waals surface area contributed by atoms with Gasteiger partial charge >= 0.3 is 6.18 Å². The zero-order valence-corrected chi connectivity index (χ0v) is 13.4. The highest BCUT2D eigenvalue weighted by Gasteiger charge is 2.30. The van der Waals surface area contributed by atoms with Crippen LogP contribution in [0, 0.1) is 0 Å². The SMILES string of the molecule is CCN(CC)c1ccnc(C(=O)Nc2cccc(C(F)(F)F)c2)c1. The molecule has 1 aromatic carbocycles. The van der Waals surface area contributed by atoms with Crippen LogP contribution in [0.5, 0.6) is 0 Å². The number of nitrogens with one attached hydrogen (secondary N) is 1. The number of carbonyl (C=O) groups is 1. The number of carbonyl (C=O) groups excluding carboxylic acids is 1. The van der Waals surface area contributed by atoms with Gasteiger partial charge in [-0.3, -0.25) is 9.78 Å². The molecule has 2 rings (SSSR count). The first-order chi connectivity index (χ1) is 11.3. The highest BCUT2D eigenvalue weighted by atomic mass is 19.4. The van der Waals surface area contributed by atoms with E-state index in [0.29, 0.717) is 0 Å². The third-order valence-corrected chi connectivity index (χ3v) is 3.55. The molecule has 2 aromatic rings. The van der Waals surface area contributed by atoms with E-state index in [1.165, 1.54) is 18.3 Å². The van der Waals surface area contributed by atoms with Gasteiger partial charge in [0.1, 0.15) is 5.69 Å². The van der Waals surface area contributed by atoms with Crippen LogP contribution in [0.1, 0.15) is 29.9 Å². The van der Waals surface area contributed by atoms with E-state index in [9.17, 15) is 18.0 Å². The van der Waals surface area contributed by atoms with Crippen molar-refractivity contribution in [3.63, 3.8) is 0 Å². The maximum Gasteiger partial charge on any atom is 0.416 e. The molecule has 0 spiro atoms. The maximum absolute atomic E-state index is 12.7. The summed E-state index contributed by atoms with van der Waals surface area (Å²) in [4.78, 5) is 18.3. The topological polar surface area (TPSA) is 45.2 Å². The first-order valence-electron chi connectivity index (χ1n) is 7.54. The van der Waals surface area contributed by atoms with Gasteiger partial charge < -0.3 is 10.2 Å². The Balaban J connectivity index is 2.20. The molecule has 128 valence electrons. The molecule has 1 N–H and O–H groups in total. The first kappa shape index (κ1) is 17.8. The predicted octanol–water partition coefficient (Wildman–Crippen LogP) is 4.20. The van der Waals surface area contributed by atoms with Crippen LogP contribution in [-0.2, 0) is 6.18 Å². The maximum atomic E-state index is 12.7. The summed E-state index contributed by atoms with van der Waals surface area (Å²) in [5.74, 6) is -0.552. The molecule has 0 unspecified atom stereocenters. The highest BCUT2D eigenvalue weighted by Crippen LogP contribution is 2.30. The Morgan fingerprint density at radius 3 is 2.50 bits per heavy atom. The zero-order valence-electron chi connectivity index (χ0n) is 13.4. The molecule has 7 heteroatoms. The summed E-state index contributed by atoms with van der Waals surface area (Å²) < 4.78 is 38.2. The smallest absolute Gasteiger partial charge is 0.372 e. The Kier molecular flexibility index (Phi) is 5.43. The Hall–Kier alpha value is -2.57. The number of pyridine rings is 1. The monoisotopic (exact) mass is 337 g/mol. The molecule has 0 atom stereocenters. The first-order valence-corrected chi connectivity index (χ1v) is 7.54. The van der Waals surface area contributed by atoms with Crippen molar-refractivity contribution in [1.82, 2.24) is 4.98 Å². The molecule has 0 aliphatic heterocycles. The molecule has 0 saturated heterocycles. The van der Waals surface area contributed by atoms with E-state index in [-0.39, 0.29) is 11.4 Å². The van der Waals surface area contributed by atoms with Gasteiger partial charge in [0.15, 0.2) is 0 Å². The van der Waals surface area contributed by atoms with Gasteiger partial charge in [-0.05, 0) is 44.2 Å². The second kappa shape index (κ2) is 7.33. The van der Waals surface area contributed by atoms with Gasteiger partial charge in [0.2, 0.25) is 0 Å². The van der Waals surface area contributed by atoms with Crippen molar-refractivity contribution in [3.8, 4) is 0 Å². The van der Waals surface area contributed by atoms with Crippen LogP contribution in [0.2, 0.25) is 0 Å². The molecule has 24 heavy (non-hydrogen) atoms. The summed E-state index contributed by atoms with van der Waals surface area (Å²) in [5.41, 5.74) is 0.246. The van der Waals surface area contributed by atoms with E-state index in [1.54, 1.807) is 12.1 Å². The summed E-state index contributed by atoms with van der Waals surface area (Å²) >= 11 is 0. The molecule has 1 aromatic heterocycles. The third kappa shape index (κ3) is 4.24.